The average molecular weight is 785 g/mol. The molecule has 0 aromatic rings. The third kappa shape index (κ3) is 34.9. The van der Waals surface area contributed by atoms with Crippen molar-refractivity contribution >= 4 is 12.2 Å². The molecule has 4 fully saturated rings. The summed E-state index contributed by atoms with van der Waals surface area (Å²) >= 11 is 0. The lowest BCUT2D eigenvalue weighted by Gasteiger charge is -2.48. The van der Waals surface area contributed by atoms with E-state index >= 15 is 0 Å². The largest absolute Gasteiger partial charge is 0.400 e. The Kier molecular flexibility index (Phi) is 71.0. The van der Waals surface area contributed by atoms with E-state index in [1.54, 1.807) is 6.92 Å². The van der Waals surface area contributed by atoms with E-state index in [2.05, 4.69) is 13.8 Å². The number of amides is 1. The zero-order valence-electron chi connectivity index (χ0n) is 28.0. The highest BCUT2D eigenvalue weighted by molar-refractivity contribution is 5.78. The van der Waals surface area contributed by atoms with Crippen LogP contribution in [-0.2, 0) is 23.8 Å². The number of ether oxygens (including phenoxy) is 3. The van der Waals surface area contributed by atoms with E-state index in [0.29, 0.717) is 6.29 Å². The van der Waals surface area contributed by atoms with Gasteiger partial charge in [-0.1, -0.05) is 153 Å². The first-order chi connectivity index (χ1) is 20.8. The number of aldehydes is 1. The van der Waals surface area contributed by atoms with Crippen molar-refractivity contribution in [3.8, 4) is 0 Å². The second-order valence-corrected chi connectivity index (χ2v) is 11.9. The van der Waals surface area contributed by atoms with Gasteiger partial charge in [-0.25, -0.2) is 0 Å². The van der Waals surface area contributed by atoms with Crippen molar-refractivity contribution in [2.24, 2.45) is 29.2 Å². The lowest BCUT2D eigenvalue weighted by atomic mass is 9.83. The Morgan fingerprint density at radius 2 is 1.11 bits per heavy atom. The van der Waals surface area contributed by atoms with Crippen molar-refractivity contribution in [3.63, 3.8) is 0 Å². The van der Waals surface area contributed by atoms with Crippen molar-refractivity contribution in [2.45, 2.75) is 215 Å². The fourth-order valence-electron chi connectivity index (χ4n) is 4.01. The monoisotopic (exact) mass is 785 g/mol. The summed E-state index contributed by atoms with van der Waals surface area (Å²) in [5.74, 6) is -1.18. The molecule has 0 bridgehead atoms. The predicted octanol–water partition coefficient (Wildman–Crippen LogP) is 6.34. The third-order valence-electron chi connectivity index (χ3n) is 6.73. The lowest BCUT2D eigenvalue weighted by Crippen LogP contribution is -2.61. The average Bonchev–Trinajstić information content (AvgIpc) is 3.88. The number of carbonyl (C=O) groups excluding carboxylic acids is 2. The molecular weight excluding hydrogens is 684 g/mol. The SMILES string of the molecule is C.C.C.C.C.C.C.C.C.C1CC1.C1CC1.CC(C)[C@@H]1OC(CO)[C@@H](O[C@@H]2OC(CO)[C@@H](O)C(O)[C@@H]2C)C(O)[C@@H]1C.CCC.CO.NC(=O)C[C@H](N)C=O. The molecular formula is C40H100N2O11. The van der Waals surface area contributed by atoms with Gasteiger partial charge in [0.05, 0.1) is 37.6 Å². The minimum atomic E-state index is -1.22. The van der Waals surface area contributed by atoms with Crippen LogP contribution in [0.15, 0.2) is 0 Å². The van der Waals surface area contributed by atoms with Gasteiger partial charge in [0.1, 0.15) is 30.7 Å². The third-order valence-corrected chi connectivity index (χ3v) is 6.73. The molecule has 0 aromatic carbocycles. The van der Waals surface area contributed by atoms with Crippen LogP contribution in [-0.4, -0.2) is 118 Å². The summed E-state index contributed by atoms with van der Waals surface area (Å²) in [7, 11) is 1.00. The van der Waals surface area contributed by atoms with Gasteiger partial charge in [-0.3, -0.25) is 4.79 Å². The van der Waals surface area contributed by atoms with E-state index in [0.717, 1.165) is 7.11 Å². The molecule has 10 N–H and O–H groups in total. The van der Waals surface area contributed by atoms with Crippen LogP contribution in [0.5, 0.6) is 0 Å². The molecule has 1 amide bonds. The molecule has 11 atom stereocenters. The van der Waals surface area contributed by atoms with E-state index in [9.17, 15) is 35.1 Å². The number of hydrogen-bond donors (Lipinski definition) is 8. The zero-order chi connectivity index (χ0) is 34.4. The Balaban J connectivity index is -0.0000000590. The first-order valence-electron chi connectivity index (χ1n) is 16.0. The van der Waals surface area contributed by atoms with Crippen LogP contribution in [0.25, 0.3) is 0 Å². The Labute approximate surface area is 330 Å². The van der Waals surface area contributed by atoms with Crippen LogP contribution < -0.4 is 11.5 Å². The van der Waals surface area contributed by atoms with Gasteiger partial charge in [-0.05, 0) is 5.92 Å². The van der Waals surface area contributed by atoms with E-state index in [4.69, 9.17) is 30.8 Å². The van der Waals surface area contributed by atoms with Crippen molar-refractivity contribution in [3.05, 3.63) is 0 Å². The van der Waals surface area contributed by atoms with Gasteiger partial charge in [0.15, 0.2) is 6.29 Å². The van der Waals surface area contributed by atoms with Crippen LogP contribution in [0.1, 0.15) is 160 Å². The summed E-state index contributed by atoms with van der Waals surface area (Å²) in [5.41, 5.74) is 9.70. The van der Waals surface area contributed by atoms with E-state index in [-0.39, 0.29) is 97.8 Å². The molecule has 0 spiro atoms. The first-order valence-corrected chi connectivity index (χ1v) is 16.0. The number of aliphatic hydroxyl groups excluding tert-OH is 6. The highest BCUT2D eigenvalue weighted by Gasteiger charge is 2.49. The van der Waals surface area contributed by atoms with Gasteiger partial charge in [0, 0.05) is 25.4 Å². The summed E-state index contributed by atoms with van der Waals surface area (Å²) in [5, 5.41) is 56.7. The fourth-order valence-corrected chi connectivity index (χ4v) is 4.01. The van der Waals surface area contributed by atoms with Crippen molar-refractivity contribution in [1.82, 2.24) is 0 Å². The first kappa shape index (κ1) is 80.3. The number of nitrogens with two attached hydrogens (primary N) is 2. The van der Waals surface area contributed by atoms with Gasteiger partial charge in [0.25, 0.3) is 0 Å². The summed E-state index contributed by atoms with van der Waals surface area (Å²) in [6.07, 6.45) is 3.72. The predicted molar refractivity (Wildman–Crippen MR) is 228 cm³/mol. The summed E-state index contributed by atoms with van der Waals surface area (Å²) in [4.78, 5) is 19.7. The molecule has 4 aliphatic rings. The zero-order valence-corrected chi connectivity index (χ0v) is 28.0. The Hall–Kier alpha value is -1.26. The van der Waals surface area contributed by atoms with Crippen LogP contribution in [0.2, 0.25) is 0 Å². The van der Waals surface area contributed by atoms with E-state index in [1.807, 2.05) is 20.8 Å². The topological polar surface area (TPSA) is 235 Å². The highest BCUT2D eigenvalue weighted by Crippen LogP contribution is 2.35. The lowest BCUT2D eigenvalue weighted by molar-refractivity contribution is -0.328. The number of primary amides is 1. The van der Waals surface area contributed by atoms with Crippen LogP contribution in [0.4, 0.5) is 0 Å². The summed E-state index contributed by atoms with van der Waals surface area (Å²) in [6.45, 7) is 10.9. The van der Waals surface area contributed by atoms with Crippen LogP contribution in [0.3, 0.4) is 0 Å². The quantitative estimate of drug-likeness (QED) is 0.126. The van der Waals surface area contributed by atoms with Gasteiger partial charge in [-0.15, -0.1) is 0 Å². The van der Waals surface area contributed by atoms with Gasteiger partial charge in [-0.2, -0.15) is 0 Å². The van der Waals surface area contributed by atoms with Gasteiger partial charge >= 0.3 is 0 Å². The van der Waals surface area contributed by atoms with Gasteiger partial charge in [0.2, 0.25) is 5.91 Å². The van der Waals surface area contributed by atoms with Crippen molar-refractivity contribution in [2.75, 3.05) is 20.3 Å². The number of carbonyl (C=O) groups is 2. The standard InChI is InChI=1S/C17H32O8.C4H8N2O2.2C3H6.C3H8.CH4O.9CH4/c1-7(2)15-8(3)13(21)16(11(6-19)23-15)25-17-9(4)12(20)14(22)10(5-18)24-17;5-3(2-7)1-4(6)8;2*1-2-3-1;1-3-2;1-2;;;;;;;;;/h7-22H,5-6H2,1-4H3;2-3H,1,5H2,(H2,6,8);2*1-3H2;3H2,1-2H3;2H,1H3;9*1H4/t8-,9-,10?,11?,12?,13?,14+,15-,16+,17-;3-;;;;;;;;;;;;;/m00............./s1. The minimum absolute atomic E-state index is 0. The molecule has 0 radical (unpaired) electrons. The maximum Gasteiger partial charge on any atom is 0.219 e. The molecule has 4 rings (SSSR count). The summed E-state index contributed by atoms with van der Waals surface area (Å²) in [6, 6.07) is -0.729. The maximum absolute atomic E-state index is 10.7. The second kappa shape index (κ2) is 46.9. The van der Waals surface area contributed by atoms with E-state index in [1.165, 1.54) is 44.9 Å². The van der Waals surface area contributed by atoms with Gasteiger partial charge < -0.3 is 61.1 Å². The number of aliphatic hydroxyl groups is 6. The molecule has 2 aliphatic carbocycles. The van der Waals surface area contributed by atoms with Crippen molar-refractivity contribution < 1.29 is 54.4 Å². The summed E-state index contributed by atoms with van der Waals surface area (Å²) < 4.78 is 17.3. The Morgan fingerprint density at radius 3 is 1.38 bits per heavy atom. The molecule has 2 aliphatic heterocycles. The normalized spacial score (nSPS) is 28.1. The Bertz CT molecular complexity index is 703. The molecule has 0 aromatic heterocycles. The molecule has 2 heterocycles. The molecule has 336 valence electrons. The molecule has 4 unspecified atom stereocenters. The molecule has 13 nitrogen and oxygen atoms in total. The molecule has 13 heteroatoms. The fraction of sp³-hybridized carbons (Fsp3) is 0.950. The second-order valence-electron chi connectivity index (χ2n) is 11.9. The molecule has 2 saturated carbocycles. The molecule has 53 heavy (non-hydrogen) atoms. The highest BCUT2D eigenvalue weighted by atomic mass is 16.7. The Morgan fingerprint density at radius 1 is 0.736 bits per heavy atom. The van der Waals surface area contributed by atoms with E-state index < -0.39 is 67.4 Å². The smallest absolute Gasteiger partial charge is 0.219 e. The van der Waals surface area contributed by atoms with Crippen molar-refractivity contribution in [1.29, 1.82) is 0 Å². The minimum Gasteiger partial charge on any atom is -0.400 e. The molecule has 2 saturated heterocycles. The van der Waals surface area contributed by atoms with Crippen LogP contribution >= 0.6 is 0 Å². The number of rotatable bonds is 8. The number of hydrogen-bond acceptors (Lipinski definition) is 12. The van der Waals surface area contributed by atoms with Crippen LogP contribution in [0, 0.1) is 17.8 Å². The maximum atomic E-state index is 10.7.